The van der Waals surface area contributed by atoms with Crippen molar-refractivity contribution in [2.45, 2.75) is 57.6 Å². The average molecular weight is 260 g/mol. The van der Waals surface area contributed by atoms with Crippen LogP contribution in [0.1, 0.15) is 57.1 Å². The van der Waals surface area contributed by atoms with Gasteiger partial charge in [0.2, 0.25) is 0 Å². The van der Waals surface area contributed by atoms with Gasteiger partial charge in [-0.05, 0) is 44.6 Å². The Bertz CT molecular complexity index is 431. The highest BCUT2D eigenvalue weighted by Gasteiger charge is 2.34. The Morgan fingerprint density at radius 3 is 2.89 bits per heavy atom. The maximum absolute atomic E-state index is 9.96. The van der Waals surface area contributed by atoms with Crippen LogP contribution in [0.2, 0.25) is 0 Å². The Morgan fingerprint density at radius 1 is 1.26 bits per heavy atom. The Labute approximate surface area is 115 Å². The summed E-state index contributed by atoms with van der Waals surface area (Å²) in [4.78, 5) is 7.06. The van der Waals surface area contributed by atoms with E-state index in [-0.39, 0.29) is 0 Å². The van der Waals surface area contributed by atoms with E-state index in [0.717, 1.165) is 23.8 Å². The molecule has 19 heavy (non-hydrogen) atoms. The van der Waals surface area contributed by atoms with Gasteiger partial charge in [-0.1, -0.05) is 18.9 Å². The molecule has 0 aromatic carbocycles. The Balaban J connectivity index is 1.91. The second-order valence-corrected chi connectivity index (χ2v) is 6.04. The summed E-state index contributed by atoms with van der Waals surface area (Å²) in [5, 5.41) is 9.96. The lowest BCUT2D eigenvalue weighted by molar-refractivity contribution is 0.197. The standard InChI is InChI=1S/C16H24N2O/c1-12(19)14-8-4-10-17-16(14)18-11-5-7-13-6-2-3-9-15(13)18/h4,8,10,12-13,15,19H,2-3,5-7,9,11H2,1H3/t12?,13-,15-/m1/s1. The lowest BCUT2D eigenvalue weighted by Crippen LogP contribution is -2.47. The smallest absolute Gasteiger partial charge is 0.134 e. The molecule has 0 bridgehead atoms. The van der Waals surface area contributed by atoms with Crippen molar-refractivity contribution >= 4 is 5.82 Å². The van der Waals surface area contributed by atoms with Crippen LogP contribution >= 0.6 is 0 Å². The third-order valence-corrected chi connectivity index (χ3v) is 4.78. The van der Waals surface area contributed by atoms with E-state index in [1.807, 2.05) is 25.3 Å². The van der Waals surface area contributed by atoms with Crippen molar-refractivity contribution in [1.82, 2.24) is 4.98 Å². The van der Waals surface area contributed by atoms with E-state index in [1.165, 1.54) is 38.5 Å². The maximum Gasteiger partial charge on any atom is 0.134 e. The maximum atomic E-state index is 9.96. The normalized spacial score (nSPS) is 28.8. The first kappa shape index (κ1) is 12.9. The minimum Gasteiger partial charge on any atom is -0.389 e. The van der Waals surface area contributed by atoms with Crippen LogP contribution in [-0.4, -0.2) is 22.7 Å². The molecule has 1 N–H and O–H groups in total. The van der Waals surface area contributed by atoms with Crippen molar-refractivity contribution in [3.8, 4) is 0 Å². The third-order valence-electron chi connectivity index (χ3n) is 4.78. The number of rotatable bonds is 2. The number of piperidine rings is 1. The summed E-state index contributed by atoms with van der Waals surface area (Å²) in [5.74, 6) is 1.86. The molecular formula is C16H24N2O. The van der Waals surface area contributed by atoms with Crippen molar-refractivity contribution in [2.75, 3.05) is 11.4 Å². The molecule has 2 fully saturated rings. The first-order valence-electron chi connectivity index (χ1n) is 7.67. The van der Waals surface area contributed by atoms with E-state index in [4.69, 9.17) is 0 Å². The zero-order chi connectivity index (χ0) is 13.2. The molecular weight excluding hydrogens is 236 g/mol. The van der Waals surface area contributed by atoms with E-state index in [0.29, 0.717) is 6.04 Å². The summed E-state index contributed by atoms with van der Waals surface area (Å²) in [7, 11) is 0. The molecule has 1 aliphatic heterocycles. The zero-order valence-corrected chi connectivity index (χ0v) is 11.8. The molecule has 3 rings (SSSR count). The summed E-state index contributed by atoms with van der Waals surface area (Å²) in [6, 6.07) is 4.59. The van der Waals surface area contributed by atoms with Gasteiger partial charge < -0.3 is 10.0 Å². The van der Waals surface area contributed by atoms with Gasteiger partial charge in [-0.3, -0.25) is 0 Å². The summed E-state index contributed by atoms with van der Waals surface area (Å²) in [6.45, 7) is 2.93. The molecule has 3 nitrogen and oxygen atoms in total. The predicted octanol–water partition coefficient (Wildman–Crippen LogP) is 3.29. The van der Waals surface area contributed by atoms with E-state index in [9.17, 15) is 5.11 Å². The van der Waals surface area contributed by atoms with E-state index < -0.39 is 6.10 Å². The van der Waals surface area contributed by atoms with Gasteiger partial charge in [0.25, 0.3) is 0 Å². The van der Waals surface area contributed by atoms with Gasteiger partial charge in [0.15, 0.2) is 0 Å². The van der Waals surface area contributed by atoms with Gasteiger partial charge in [0.05, 0.1) is 6.10 Å². The largest absolute Gasteiger partial charge is 0.389 e. The highest BCUT2D eigenvalue weighted by Crippen LogP contribution is 2.38. The van der Waals surface area contributed by atoms with Gasteiger partial charge in [-0.25, -0.2) is 4.98 Å². The van der Waals surface area contributed by atoms with Crippen LogP contribution in [0.5, 0.6) is 0 Å². The van der Waals surface area contributed by atoms with Crippen LogP contribution in [-0.2, 0) is 0 Å². The fourth-order valence-electron chi connectivity index (χ4n) is 3.86. The van der Waals surface area contributed by atoms with Gasteiger partial charge in [0, 0.05) is 24.3 Å². The lowest BCUT2D eigenvalue weighted by Gasteiger charge is -2.45. The number of hydrogen-bond donors (Lipinski definition) is 1. The molecule has 2 heterocycles. The molecule has 0 radical (unpaired) electrons. The molecule has 0 amide bonds. The lowest BCUT2D eigenvalue weighted by atomic mass is 9.78. The van der Waals surface area contributed by atoms with E-state index >= 15 is 0 Å². The van der Waals surface area contributed by atoms with Crippen molar-refractivity contribution in [3.63, 3.8) is 0 Å². The Hall–Kier alpha value is -1.09. The first-order valence-corrected chi connectivity index (χ1v) is 7.67. The molecule has 1 saturated heterocycles. The fraction of sp³-hybridized carbons (Fsp3) is 0.688. The first-order chi connectivity index (χ1) is 9.27. The number of fused-ring (bicyclic) bond motifs is 1. The molecule has 3 heteroatoms. The molecule has 2 aliphatic rings. The van der Waals surface area contributed by atoms with Crippen molar-refractivity contribution < 1.29 is 5.11 Å². The molecule has 1 unspecified atom stereocenters. The Kier molecular flexibility index (Phi) is 3.74. The highest BCUT2D eigenvalue weighted by atomic mass is 16.3. The summed E-state index contributed by atoms with van der Waals surface area (Å²) in [6.07, 6.45) is 9.45. The van der Waals surface area contributed by atoms with Crippen LogP contribution in [0.15, 0.2) is 18.3 Å². The van der Waals surface area contributed by atoms with Gasteiger partial charge in [-0.2, -0.15) is 0 Å². The van der Waals surface area contributed by atoms with Crippen LogP contribution < -0.4 is 4.90 Å². The summed E-state index contributed by atoms with van der Waals surface area (Å²) >= 11 is 0. The number of aliphatic hydroxyl groups excluding tert-OH is 1. The minimum atomic E-state index is -0.437. The molecule has 3 atom stereocenters. The number of pyridine rings is 1. The Morgan fingerprint density at radius 2 is 2.05 bits per heavy atom. The molecule has 1 aromatic rings. The summed E-state index contributed by atoms with van der Waals surface area (Å²) in [5.41, 5.74) is 0.980. The quantitative estimate of drug-likeness (QED) is 0.886. The molecule has 104 valence electrons. The topological polar surface area (TPSA) is 36.4 Å². The van der Waals surface area contributed by atoms with Gasteiger partial charge >= 0.3 is 0 Å². The van der Waals surface area contributed by atoms with Crippen molar-refractivity contribution in [2.24, 2.45) is 5.92 Å². The average Bonchev–Trinajstić information content (AvgIpc) is 2.46. The van der Waals surface area contributed by atoms with Crippen LogP contribution in [0, 0.1) is 5.92 Å². The molecule has 1 aromatic heterocycles. The SMILES string of the molecule is CC(O)c1cccnc1N1CCC[C@H]2CCCC[C@H]21. The monoisotopic (exact) mass is 260 g/mol. The zero-order valence-electron chi connectivity index (χ0n) is 11.8. The third kappa shape index (κ3) is 2.48. The number of hydrogen-bond acceptors (Lipinski definition) is 3. The van der Waals surface area contributed by atoms with Gasteiger partial charge in [-0.15, -0.1) is 0 Å². The van der Waals surface area contributed by atoms with Crippen molar-refractivity contribution in [1.29, 1.82) is 0 Å². The van der Waals surface area contributed by atoms with Crippen LogP contribution in [0.3, 0.4) is 0 Å². The van der Waals surface area contributed by atoms with Crippen LogP contribution in [0.4, 0.5) is 5.82 Å². The van der Waals surface area contributed by atoms with E-state index in [2.05, 4.69) is 9.88 Å². The second-order valence-electron chi connectivity index (χ2n) is 6.04. The number of anilines is 1. The predicted molar refractivity (Wildman–Crippen MR) is 77.2 cm³/mol. The minimum absolute atomic E-state index is 0.437. The summed E-state index contributed by atoms with van der Waals surface area (Å²) < 4.78 is 0. The second kappa shape index (κ2) is 5.49. The number of aliphatic hydroxyl groups is 1. The van der Waals surface area contributed by atoms with Gasteiger partial charge in [0.1, 0.15) is 5.82 Å². The number of aromatic nitrogens is 1. The molecule has 0 spiro atoms. The highest BCUT2D eigenvalue weighted by molar-refractivity contribution is 5.49. The fourth-order valence-corrected chi connectivity index (χ4v) is 3.86. The van der Waals surface area contributed by atoms with Crippen molar-refractivity contribution in [3.05, 3.63) is 23.9 Å². The molecule has 1 saturated carbocycles. The molecule has 1 aliphatic carbocycles. The van der Waals surface area contributed by atoms with Crippen LogP contribution in [0.25, 0.3) is 0 Å². The van der Waals surface area contributed by atoms with E-state index in [1.54, 1.807) is 0 Å². The number of nitrogens with zero attached hydrogens (tertiary/aromatic N) is 2.